The first-order valence-electron chi connectivity index (χ1n) is 8.98. The summed E-state index contributed by atoms with van der Waals surface area (Å²) in [6.45, 7) is 0.0735. The van der Waals surface area contributed by atoms with E-state index in [1.807, 2.05) is 17.5 Å². The van der Waals surface area contributed by atoms with Crippen LogP contribution in [0.5, 0.6) is 5.75 Å². The summed E-state index contributed by atoms with van der Waals surface area (Å²) in [5.74, 6) is -0.321. The molecule has 0 fully saturated rings. The highest BCUT2D eigenvalue weighted by Crippen LogP contribution is 2.36. The van der Waals surface area contributed by atoms with Gasteiger partial charge in [-0.05, 0) is 41.3 Å². The van der Waals surface area contributed by atoms with Crippen LogP contribution in [0.3, 0.4) is 0 Å². The predicted molar refractivity (Wildman–Crippen MR) is 120 cm³/mol. The van der Waals surface area contributed by atoms with E-state index in [9.17, 15) is 9.59 Å². The number of nitrogens with one attached hydrogen (secondary N) is 1. The lowest BCUT2D eigenvalue weighted by Crippen LogP contribution is -2.32. The molecular formula is C22H16Cl2N2O3S. The highest BCUT2D eigenvalue weighted by atomic mass is 35.5. The Morgan fingerprint density at radius 1 is 1.03 bits per heavy atom. The molecule has 0 saturated carbocycles. The largest absolute Gasteiger partial charge is 0.495 e. The quantitative estimate of drug-likeness (QED) is 0.498. The van der Waals surface area contributed by atoms with Crippen LogP contribution in [0.25, 0.3) is 5.57 Å². The van der Waals surface area contributed by atoms with E-state index in [4.69, 9.17) is 27.9 Å². The fraction of sp³-hybridized carbons (Fsp3) is 0.0909. The third-order valence-electron chi connectivity index (χ3n) is 4.64. The summed E-state index contributed by atoms with van der Waals surface area (Å²) in [5.41, 5.74) is 1.67. The van der Waals surface area contributed by atoms with Crippen LogP contribution in [-0.4, -0.2) is 23.8 Å². The number of ether oxygens (including phenoxy) is 1. The smallest absolute Gasteiger partial charge is 0.278 e. The van der Waals surface area contributed by atoms with Gasteiger partial charge in [-0.15, -0.1) is 11.3 Å². The van der Waals surface area contributed by atoms with E-state index in [1.54, 1.807) is 42.5 Å². The molecule has 0 unspecified atom stereocenters. The average Bonchev–Trinajstić information content (AvgIpc) is 3.33. The van der Waals surface area contributed by atoms with Gasteiger partial charge in [0.1, 0.15) is 11.4 Å². The first-order chi connectivity index (χ1) is 14.5. The van der Waals surface area contributed by atoms with Crippen molar-refractivity contribution in [2.24, 2.45) is 0 Å². The van der Waals surface area contributed by atoms with Crippen molar-refractivity contribution in [3.63, 3.8) is 0 Å². The molecule has 30 heavy (non-hydrogen) atoms. The zero-order valence-electron chi connectivity index (χ0n) is 15.8. The van der Waals surface area contributed by atoms with Gasteiger partial charge in [-0.3, -0.25) is 14.5 Å². The Kier molecular flexibility index (Phi) is 5.81. The molecule has 0 spiro atoms. The fourth-order valence-corrected chi connectivity index (χ4v) is 4.33. The summed E-state index contributed by atoms with van der Waals surface area (Å²) in [5, 5.41) is 5.91. The van der Waals surface area contributed by atoms with E-state index in [1.165, 1.54) is 23.3 Å². The van der Waals surface area contributed by atoms with Crippen molar-refractivity contribution >= 4 is 57.6 Å². The molecule has 2 aromatic carbocycles. The maximum absolute atomic E-state index is 13.3. The van der Waals surface area contributed by atoms with E-state index in [-0.39, 0.29) is 18.1 Å². The Hall–Kier alpha value is -2.80. The molecule has 0 saturated heterocycles. The van der Waals surface area contributed by atoms with Crippen LogP contribution < -0.4 is 10.1 Å². The molecule has 0 radical (unpaired) electrons. The van der Waals surface area contributed by atoms with E-state index < -0.39 is 5.91 Å². The second-order valence-corrected chi connectivity index (χ2v) is 8.28. The molecule has 0 atom stereocenters. The Morgan fingerprint density at radius 3 is 2.53 bits per heavy atom. The van der Waals surface area contributed by atoms with Crippen molar-refractivity contribution in [1.82, 2.24) is 4.90 Å². The number of hydrogen-bond donors (Lipinski definition) is 1. The van der Waals surface area contributed by atoms with Gasteiger partial charge in [0.05, 0.1) is 24.9 Å². The van der Waals surface area contributed by atoms with Gasteiger partial charge < -0.3 is 10.1 Å². The third kappa shape index (κ3) is 3.81. The lowest BCUT2D eigenvalue weighted by atomic mass is 10.1. The second kappa shape index (κ2) is 8.52. The van der Waals surface area contributed by atoms with Gasteiger partial charge in [0.2, 0.25) is 0 Å². The number of hydrogen-bond acceptors (Lipinski definition) is 5. The molecule has 0 bridgehead atoms. The van der Waals surface area contributed by atoms with Crippen molar-refractivity contribution in [2.75, 3.05) is 12.4 Å². The molecule has 1 aliphatic heterocycles. The zero-order chi connectivity index (χ0) is 21.3. The molecule has 8 heteroatoms. The number of anilines is 1. The Balaban J connectivity index is 1.75. The molecule has 1 aromatic heterocycles. The summed E-state index contributed by atoms with van der Waals surface area (Å²) in [4.78, 5) is 28.4. The maximum Gasteiger partial charge on any atom is 0.278 e. The van der Waals surface area contributed by atoms with Gasteiger partial charge >= 0.3 is 0 Å². The second-order valence-electron chi connectivity index (χ2n) is 6.48. The SMILES string of the molecule is COc1ccc(Cl)cc1NC1=C(c2cccs2)C(=O)N(Cc2ccccc2Cl)C1=O. The molecule has 2 heterocycles. The fourth-order valence-electron chi connectivity index (χ4n) is 3.19. The van der Waals surface area contributed by atoms with Gasteiger partial charge in [-0.2, -0.15) is 0 Å². The third-order valence-corrected chi connectivity index (χ3v) is 6.13. The van der Waals surface area contributed by atoms with Crippen LogP contribution in [-0.2, 0) is 16.1 Å². The first kappa shape index (κ1) is 20.5. The topological polar surface area (TPSA) is 58.6 Å². The molecular weight excluding hydrogens is 443 g/mol. The van der Waals surface area contributed by atoms with Gasteiger partial charge in [-0.25, -0.2) is 0 Å². The standard InChI is InChI=1S/C22H16Cl2N2O3S/c1-29-17-9-8-14(23)11-16(17)25-20-19(18-7-4-10-30-18)21(27)26(22(20)28)12-13-5-2-3-6-15(13)24/h2-11,25H,12H2,1H3. The number of benzene rings is 2. The summed E-state index contributed by atoms with van der Waals surface area (Å²) < 4.78 is 5.37. The number of halogens is 2. The maximum atomic E-state index is 13.3. The number of amides is 2. The minimum atomic E-state index is -0.439. The van der Waals surface area contributed by atoms with Crippen LogP contribution in [0.1, 0.15) is 10.4 Å². The first-order valence-corrected chi connectivity index (χ1v) is 10.6. The van der Waals surface area contributed by atoms with Crippen LogP contribution in [0.4, 0.5) is 5.69 Å². The van der Waals surface area contributed by atoms with Crippen molar-refractivity contribution < 1.29 is 14.3 Å². The molecule has 1 N–H and O–H groups in total. The number of carbonyl (C=O) groups is 2. The number of carbonyl (C=O) groups excluding carboxylic acids is 2. The number of nitrogens with zero attached hydrogens (tertiary/aromatic N) is 1. The number of imide groups is 1. The van der Waals surface area contributed by atoms with E-state index in [2.05, 4.69) is 5.32 Å². The minimum absolute atomic E-state index is 0.0735. The van der Waals surface area contributed by atoms with Crippen LogP contribution in [0, 0.1) is 0 Å². The van der Waals surface area contributed by atoms with Gasteiger partial charge in [0.15, 0.2) is 0 Å². The van der Waals surface area contributed by atoms with Crippen molar-refractivity contribution in [3.8, 4) is 5.75 Å². The van der Waals surface area contributed by atoms with Crippen LogP contribution in [0.2, 0.25) is 10.0 Å². The molecule has 0 aliphatic carbocycles. The molecule has 2 amide bonds. The highest BCUT2D eigenvalue weighted by Gasteiger charge is 2.40. The number of methoxy groups -OCH3 is 1. The zero-order valence-corrected chi connectivity index (χ0v) is 18.1. The monoisotopic (exact) mass is 458 g/mol. The van der Waals surface area contributed by atoms with E-state index in [0.717, 1.165) is 0 Å². The van der Waals surface area contributed by atoms with Gasteiger partial charge in [-0.1, -0.05) is 47.5 Å². The Bertz CT molecular complexity index is 1160. The molecule has 1 aliphatic rings. The normalized spacial score (nSPS) is 13.9. The van der Waals surface area contributed by atoms with Crippen LogP contribution in [0.15, 0.2) is 65.7 Å². The molecule has 5 nitrogen and oxygen atoms in total. The molecule has 152 valence electrons. The highest BCUT2D eigenvalue weighted by molar-refractivity contribution is 7.11. The van der Waals surface area contributed by atoms with Crippen LogP contribution >= 0.6 is 34.5 Å². The predicted octanol–water partition coefficient (Wildman–Crippen LogP) is 5.46. The van der Waals surface area contributed by atoms with E-state index >= 15 is 0 Å². The minimum Gasteiger partial charge on any atom is -0.495 e. The average molecular weight is 459 g/mol. The summed E-state index contributed by atoms with van der Waals surface area (Å²) in [6, 6.07) is 15.8. The molecule has 4 rings (SSSR count). The Labute approximate surface area is 187 Å². The van der Waals surface area contributed by atoms with Gasteiger partial charge in [0, 0.05) is 14.9 Å². The van der Waals surface area contributed by atoms with E-state index in [0.29, 0.717) is 37.5 Å². The summed E-state index contributed by atoms with van der Waals surface area (Å²) in [6.07, 6.45) is 0. The number of rotatable bonds is 6. The number of thiophene rings is 1. The van der Waals surface area contributed by atoms with Gasteiger partial charge in [0.25, 0.3) is 11.8 Å². The van der Waals surface area contributed by atoms with Crippen molar-refractivity contribution in [3.05, 3.63) is 86.2 Å². The lowest BCUT2D eigenvalue weighted by Gasteiger charge is -2.16. The lowest BCUT2D eigenvalue weighted by molar-refractivity contribution is -0.137. The Morgan fingerprint density at radius 2 is 1.83 bits per heavy atom. The summed E-state index contributed by atoms with van der Waals surface area (Å²) >= 11 is 13.8. The van der Waals surface area contributed by atoms with Crippen molar-refractivity contribution in [2.45, 2.75) is 6.54 Å². The summed E-state index contributed by atoms with van der Waals surface area (Å²) in [7, 11) is 1.52. The molecule has 3 aromatic rings. The van der Waals surface area contributed by atoms with Crippen molar-refractivity contribution in [1.29, 1.82) is 0 Å².